The summed E-state index contributed by atoms with van der Waals surface area (Å²) in [6.45, 7) is 3.24. The second-order valence-corrected chi connectivity index (χ2v) is 6.23. The maximum absolute atomic E-state index is 9.59. The molecule has 0 amide bonds. The molecule has 19 heavy (non-hydrogen) atoms. The van der Waals surface area contributed by atoms with E-state index in [4.69, 9.17) is 5.73 Å². The van der Waals surface area contributed by atoms with Crippen LogP contribution in [0, 0.1) is 0 Å². The highest BCUT2D eigenvalue weighted by atomic mass is 79.9. The fourth-order valence-corrected chi connectivity index (χ4v) is 3.50. The fourth-order valence-electron chi connectivity index (χ4n) is 2.77. The van der Waals surface area contributed by atoms with Gasteiger partial charge in [0.2, 0.25) is 0 Å². The van der Waals surface area contributed by atoms with E-state index in [2.05, 4.69) is 39.0 Å². The van der Waals surface area contributed by atoms with Crippen molar-refractivity contribution >= 4 is 21.6 Å². The molecule has 2 atom stereocenters. The van der Waals surface area contributed by atoms with Gasteiger partial charge in [0.1, 0.15) is 0 Å². The van der Waals surface area contributed by atoms with Crippen molar-refractivity contribution in [2.45, 2.75) is 44.7 Å². The number of hydrogen-bond donors (Lipinski definition) is 2. The summed E-state index contributed by atoms with van der Waals surface area (Å²) in [6, 6.07) is 6.62. The molecular weight excluding hydrogens is 304 g/mol. The van der Waals surface area contributed by atoms with Crippen LogP contribution in [-0.4, -0.2) is 24.3 Å². The van der Waals surface area contributed by atoms with Gasteiger partial charge in [-0.2, -0.15) is 0 Å². The zero-order valence-corrected chi connectivity index (χ0v) is 13.1. The third kappa shape index (κ3) is 3.50. The first-order chi connectivity index (χ1) is 9.13. The van der Waals surface area contributed by atoms with Crippen LogP contribution in [0.15, 0.2) is 22.7 Å². The van der Waals surface area contributed by atoms with E-state index in [1.165, 1.54) is 24.9 Å². The summed E-state index contributed by atoms with van der Waals surface area (Å²) in [5.74, 6) is 0. The largest absolute Gasteiger partial charge is 0.394 e. The van der Waals surface area contributed by atoms with Gasteiger partial charge in [0, 0.05) is 22.7 Å². The molecule has 2 rings (SSSR count). The SMILES string of the molecule is CC(N)c1ccc(N2CCCCCC2CO)cc1Br. The molecule has 1 aliphatic heterocycles. The van der Waals surface area contributed by atoms with Gasteiger partial charge in [0.25, 0.3) is 0 Å². The van der Waals surface area contributed by atoms with Crippen molar-refractivity contribution in [1.82, 2.24) is 0 Å². The van der Waals surface area contributed by atoms with E-state index in [9.17, 15) is 5.11 Å². The Bertz CT molecular complexity index is 423. The molecule has 1 heterocycles. The van der Waals surface area contributed by atoms with Crippen LogP contribution < -0.4 is 10.6 Å². The molecule has 3 nitrogen and oxygen atoms in total. The number of nitrogens with two attached hydrogens (primary N) is 1. The summed E-state index contributed by atoms with van der Waals surface area (Å²) in [4.78, 5) is 2.34. The molecule has 1 fully saturated rings. The van der Waals surface area contributed by atoms with Gasteiger partial charge in [-0.3, -0.25) is 0 Å². The monoisotopic (exact) mass is 326 g/mol. The van der Waals surface area contributed by atoms with Crippen LogP contribution in [0.4, 0.5) is 5.69 Å². The number of rotatable bonds is 3. The number of aliphatic hydroxyl groups excluding tert-OH is 1. The van der Waals surface area contributed by atoms with Gasteiger partial charge in [0.05, 0.1) is 12.6 Å². The van der Waals surface area contributed by atoms with Crippen molar-refractivity contribution in [3.8, 4) is 0 Å². The lowest BCUT2D eigenvalue weighted by Gasteiger charge is -2.31. The van der Waals surface area contributed by atoms with Gasteiger partial charge in [-0.1, -0.05) is 34.8 Å². The number of anilines is 1. The third-order valence-electron chi connectivity index (χ3n) is 3.89. The first-order valence-electron chi connectivity index (χ1n) is 7.06. The van der Waals surface area contributed by atoms with Crippen molar-refractivity contribution in [2.75, 3.05) is 18.1 Å². The average molecular weight is 327 g/mol. The van der Waals surface area contributed by atoms with Crippen molar-refractivity contribution < 1.29 is 5.11 Å². The number of halogens is 1. The van der Waals surface area contributed by atoms with Gasteiger partial charge in [0.15, 0.2) is 0 Å². The van der Waals surface area contributed by atoms with E-state index in [0.29, 0.717) is 0 Å². The van der Waals surface area contributed by atoms with Crippen molar-refractivity contribution in [3.63, 3.8) is 0 Å². The predicted octanol–water partition coefficient (Wildman–Crippen LogP) is 3.21. The minimum atomic E-state index is 0.0289. The minimum Gasteiger partial charge on any atom is -0.394 e. The van der Waals surface area contributed by atoms with Crippen molar-refractivity contribution in [3.05, 3.63) is 28.2 Å². The van der Waals surface area contributed by atoms with Crippen LogP contribution in [0.25, 0.3) is 0 Å². The molecule has 0 aliphatic carbocycles. The topological polar surface area (TPSA) is 49.5 Å². The molecule has 3 N–H and O–H groups in total. The van der Waals surface area contributed by atoms with Gasteiger partial charge >= 0.3 is 0 Å². The van der Waals surface area contributed by atoms with Gasteiger partial charge in [-0.25, -0.2) is 0 Å². The number of nitrogens with zero attached hydrogens (tertiary/aromatic N) is 1. The highest BCUT2D eigenvalue weighted by Gasteiger charge is 2.21. The Morgan fingerprint density at radius 2 is 2.21 bits per heavy atom. The normalized spacial score (nSPS) is 22.1. The van der Waals surface area contributed by atoms with E-state index in [1.807, 2.05) is 6.92 Å². The molecular formula is C15H23BrN2O. The third-order valence-corrected chi connectivity index (χ3v) is 4.58. The van der Waals surface area contributed by atoms with E-state index in [0.717, 1.165) is 23.0 Å². The van der Waals surface area contributed by atoms with Crippen LogP contribution in [-0.2, 0) is 0 Å². The molecule has 0 spiro atoms. The predicted molar refractivity (Wildman–Crippen MR) is 83.4 cm³/mol. The molecule has 4 heteroatoms. The molecule has 106 valence electrons. The van der Waals surface area contributed by atoms with E-state index >= 15 is 0 Å². The van der Waals surface area contributed by atoms with Crippen molar-refractivity contribution in [1.29, 1.82) is 0 Å². The van der Waals surface area contributed by atoms with Crippen LogP contribution in [0.3, 0.4) is 0 Å². The number of aliphatic hydroxyl groups is 1. The van der Waals surface area contributed by atoms with E-state index < -0.39 is 0 Å². The first kappa shape index (κ1) is 14.8. The van der Waals surface area contributed by atoms with Crippen LogP contribution >= 0.6 is 15.9 Å². The Labute approximate surface area is 123 Å². The summed E-state index contributed by atoms with van der Waals surface area (Å²) >= 11 is 3.61. The second-order valence-electron chi connectivity index (χ2n) is 5.37. The fraction of sp³-hybridized carbons (Fsp3) is 0.600. The molecule has 1 saturated heterocycles. The lowest BCUT2D eigenvalue weighted by molar-refractivity contribution is 0.255. The molecule has 0 saturated carbocycles. The van der Waals surface area contributed by atoms with Crippen LogP contribution in [0.2, 0.25) is 0 Å². The van der Waals surface area contributed by atoms with Gasteiger partial charge in [-0.05, 0) is 37.5 Å². The molecule has 2 unspecified atom stereocenters. The van der Waals surface area contributed by atoms with Crippen LogP contribution in [0.1, 0.15) is 44.2 Å². The van der Waals surface area contributed by atoms with Gasteiger partial charge < -0.3 is 15.7 Å². The van der Waals surface area contributed by atoms with Gasteiger partial charge in [-0.15, -0.1) is 0 Å². The minimum absolute atomic E-state index is 0.0289. The van der Waals surface area contributed by atoms with E-state index in [-0.39, 0.29) is 18.7 Å². The molecule has 0 aromatic heterocycles. The smallest absolute Gasteiger partial charge is 0.0635 e. The molecule has 0 radical (unpaired) electrons. The molecule has 1 aromatic carbocycles. The van der Waals surface area contributed by atoms with Crippen LogP contribution in [0.5, 0.6) is 0 Å². The Morgan fingerprint density at radius 1 is 1.42 bits per heavy atom. The standard InChI is InChI=1S/C15H23BrN2O/c1-11(17)14-7-6-12(9-15(14)16)18-8-4-2-3-5-13(18)10-19/h6-7,9,11,13,19H,2-5,8,10,17H2,1H3. The molecule has 1 aromatic rings. The molecule has 1 aliphatic rings. The quantitative estimate of drug-likeness (QED) is 0.896. The lowest BCUT2D eigenvalue weighted by atomic mass is 10.1. The zero-order chi connectivity index (χ0) is 13.8. The highest BCUT2D eigenvalue weighted by Crippen LogP contribution is 2.30. The van der Waals surface area contributed by atoms with E-state index in [1.54, 1.807) is 0 Å². The second kappa shape index (κ2) is 6.73. The highest BCUT2D eigenvalue weighted by molar-refractivity contribution is 9.10. The Balaban J connectivity index is 2.26. The number of benzene rings is 1. The zero-order valence-electron chi connectivity index (χ0n) is 11.5. The maximum atomic E-state index is 9.59. The summed E-state index contributed by atoms with van der Waals surface area (Å²) in [5.41, 5.74) is 8.24. The Hall–Kier alpha value is -0.580. The first-order valence-corrected chi connectivity index (χ1v) is 7.85. The maximum Gasteiger partial charge on any atom is 0.0635 e. The summed E-state index contributed by atoms with van der Waals surface area (Å²) in [7, 11) is 0. The lowest BCUT2D eigenvalue weighted by Crippen LogP contribution is -2.37. The summed E-state index contributed by atoms with van der Waals surface area (Å²) < 4.78 is 1.06. The Morgan fingerprint density at radius 3 is 2.84 bits per heavy atom. The number of hydrogen-bond acceptors (Lipinski definition) is 3. The summed E-state index contributed by atoms with van der Waals surface area (Å²) in [6.07, 6.45) is 4.74. The Kier molecular flexibility index (Phi) is 5.25. The van der Waals surface area contributed by atoms with Crippen molar-refractivity contribution in [2.24, 2.45) is 5.73 Å². The molecule has 0 bridgehead atoms. The summed E-state index contributed by atoms with van der Waals surface area (Å²) in [5, 5.41) is 9.59. The average Bonchev–Trinajstić information content (AvgIpc) is 2.63.